The van der Waals surface area contributed by atoms with E-state index in [2.05, 4.69) is 5.32 Å². The third kappa shape index (κ3) is 4.16. The molecule has 0 heterocycles. The number of carbonyl (C=O) groups is 2. The molecule has 0 aromatic heterocycles. The molecule has 0 aliphatic rings. The highest BCUT2D eigenvalue weighted by Gasteiger charge is 2.20. The summed E-state index contributed by atoms with van der Waals surface area (Å²) >= 11 is 0. The second kappa shape index (κ2) is 7.36. The lowest BCUT2D eigenvalue weighted by molar-refractivity contribution is -0.385. The fraction of sp³-hybridized carbons (Fsp3) is 0.176. The van der Waals surface area contributed by atoms with Crippen molar-refractivity contribution in [2.45, 2.75) is 20.0 Å². The topological polar surface area (TPSA) is 98.5 Å². The average Bonchev–Trinajstić information content (AvgIpc) is 2.55. The average molecular weight is 328 g/mol. The van der Waals surface area contributed by atoms with E-state index >= 15 is 0 Å². The van der Waals surface area contributed by atoms with Gasteiger partial charge in [-0.3, -0.25) is 14.9 Å². The predicted molar refractivity (Wildman–Crippen MR) is 87.8 cm³/mol. The van der Waals surface area contributed by atoms with E-state index in [9.17, 15) is 19.7 Å². The van der Waals surface area contributed by atoms with Crippen molar-refractivity contribution >= 4 is 23.3 Å². The molecule has 7 heteroatoms. The molecule has 124 valence electrons. The summed E-state index contributed by atoms with van der Waals surface area (Å²) in [4.78, 5) is 34.3. The van der Waals surface area contributed by atoms with Crippen LogP contribution < -0.4 is 5.32 Å². The van der Waals surface area contributed by atoms with Gasteiger partial charge >= 0.3 is 5.97 Å². The maximum atomic E-state index is 12.1. The standard InChI is InChI=1S/C17H16N2O5/c1-11-10-13(8-9-15(11)19(22)23)17(21)24-12(2)16(20)18-14-6-4-3-5-7-14/h3-10,12H,1-2H3,(H,18,20). The molecule has 24 heavy (non-hydrogen) atoms. The van der Waals surface area contributed by atoms with Crippen molar-refractivity contribution in [1.82, 2.24) is 0 Å². The van der Waals surface area contributed by atoms with Crippen molar-refractivity contribution in [3.8, 4) is 0 Å². The Morgan fingerprint density at radius 3 is 2.42 bits per heavy atom. The van der Waals surface area contributed by atoms with E-state index in [4.69, 9.17) is 4.74 Å². The number of anilines is 1. The molecular formula is C17H16N2O5. The zero-order valence-electron chi connectivity index (χ0n) is 13.2. The highest BCUT2D eigenvalue weighted by Crippen LogP contribution is 2.19. The van der Waals surface area contributed by atoms with Crippen molar-refractivity contribution < 1.29 is 19.2 Å². The lowest BCUT2D eigenvalue weighted by Gasteiger charge is -2.13. The Bertz CT molecular complexity index is 774. The summed E-state index contributed by atoms with van der Waals surface area (Å²) in [5.74, 6) is -1.18. The number of esters is 1. The van der Waals surface area contributed by atoms with E-state index in [0.717, 1.165) is 0 Å². The first-order valence-corrected chi connectivity index (χ1v) is 7.20. The number of benzene rings is 2. The molecule has 0 aliphatic carbocycles. The van der Waals surface area contributed by atoms with E-state index < -0.39 is 22.9 Å². The number of nitro groups is 1. The Morgan fingerprint density at radius 1 is 1.17 bits per heavy atom. The van der Waals surface area contributed by atoms with Gasteiger partial charge in [-0.15, -0.1) is 0 Å². The van der Waals surface area contributed by atoms with E-state index in [1.165, 1.54) is 32.0 Å². The maximum absolute atomic E-state index is 12.1. The Hall–Kier alpha value is -3.22. The number of amides is 1. The molecule has 1 N–H and O–H groups in total. The first-order chi connectivity index (χ1) is 11.4. The lowest BCUT2D eigenvalue weighted by atomic mass is 10.1. The van der Waals surface area contributed by atoms with E-state index in [1.807, 2.05) is 6.07 Å². The maximum Gasteiger partial charge on any atom is 0.338 e. The van der Waals surface area contributed by atoms with Gasteiger partial charge < -0.3 is 10.1 Å². The molecule has 0 bridgehead atoms. The molecule has 0 fully saturated rings. The minimum atomic E-state index is -1.01. The van der Waals surface area contributed by atoms with Crippen LogP contribution in [0.4, 0.5) is 11.4 Å². The molecule has 1 unspecified atom stereocenters. The van der Waals surface area contributed by atoms with Crippen LogP contribution in [0, 0.1) is 17.0 Å². The Kier molecular flexibility index (Phi) is 5.26. The van der Waals surface area contributed by atoms with Crippen LogP contribution in [0.3, 0.4) is 0 Å². The lowest BCUT2D eigenvalue weighted by Crippen LogP contribution is -2.30. The Labute approximate surface area is 138 Å². The molecule has 0 radical (unpaired) electrons. The molecule has 2 aromatic rings. The van der Waals surface area contributed by atoms with Crippen molar-refractivity contribution in [2.75, 3.05) is 5.32 Å². The van der Waals surface area contributed by atoms with Crippen LogP contribution in [-0.4, -0.2) is 22.9 Å². The van der Waals surface area contributed by atoms with Crippen molar-refractivity contribution in [2.24, 2.45) is 0 Å². The van der Waals surface area contributed by atoms with Gasteiger partial charge in [-0.2, -0.15) is 0 Å². The van der Waals surface area contributed by atoms with E-state index in [0.29, 0.717) is 11.3 Å². The minimum absolute atomic E-state index is 0.0820. The van der Waals surface area contributed by atoms with E-state index in [-0.39, 0.29) is 11.3 Å². The van der Waals surface area contributed by atoms with Crippen LogP contribution in [0.1, 0.15) is 22.8 Å². The monoisotopic (exact) mass is 328 g/mol. The molecule has 1 atom stereocenters. The van der Waals surface area contributed by atoms with Crippen LogP contribution in [0.15, 0.2) is 48.5 Å². The first-order valence-electron chi connectivity index (χ1n) is 7.20. The fourth-order valence-corrected chi connectivity index (χ4v) is 2.03. The van der Waals surface area contributed by atoms with Gasteiger partial charge in [-0.05, 0) is 38.1 Å². The largest absolute Gasteiger partial charge is 0.449 e. The molecule has 2 aromatic carbocycles. The quantitative estimate of drug-likeness (QED) is 0.516. The number of aryl methyl sites for hydroxylation is 1. The third-order valence-corrected chi connectivity index (χ3v) is 3.32. The van der Waals surface area contributed by atoms with Crippen LogP contribution in [0.5, 0.6) is 0 Å². The Balaban J connectivity index is 2.02. The van der Waals surface area contributed by atoms with Crippen LogP contribution in [0.2, 0.25) is 0 Å². The molecule has 2 rings (SSSR count). The molecule has 0 spiro atoms. The molecule has 0 saturated carbocycles. The van der Waals surface area contributed by atoms with Crippen molar-refractivity contribution in [3.63, 3.8) is 0 Å². The number of nitrogens with one attached hydrogen (secondary N) is 1. The highest BCUT2D eigenvalue weighted by atomic mass is 16.6. The number of rotatable bonds is 5. The predicted octanol–water partition coefficient (Wildman–Crippen LogP) is 3.09. The zero-order valence-corrected chi connectivity index (χ0v) is 13.2. The minimum Gasteiger partial charge on any atom is -0.449 e. The molecule has 0 saturated heterocycles. The second-order valence-corrected chi connectivity index (χ2v) is 5.16. The number of carbonyl (C=O) groups excluding carboxylic acids is 2. The van der Waals surface area contributed by atoms with Crippen LogP contribution in [-0.2, 0) is 9.53 Å². The zero-order chi connectivity index (χ0) is 17.7. The summed E-state index contributed by atoms with van der Waals surface area (Å²) in [6, 6.07) is 12.7. The van der Waals surface area contributed by atoms with Crippen molar-refractivity contribution in [1.29, 1.82) is 0 Å². The highest BCUT2D eigenvalue weighted by molar-refractivity contribution is 5.97. The number of hydrogen-bond acceptors (Lipinski definition) is 5. The number of nitro benzene ring substituents is 1. The molecule has 7 nitrogen and oxygen atoms in total. The van der Waals surface area contributed by atoms with Gasteiger partial charge in [-0.1, -0.05) is 18.2 Å². The smallest absolute Gasteiger partial charge is 0.338 e. The second-order valence-electron chi connectivity index (χ2n) is 5.16. The number of nitrogens with zero attached hydrogens (tertiary/aromatic N) is 1. The van der Waals surface area contributed by atoms with Gasteiger partial charge in [0.2, 0.25) is 0 Å². The summed E-state index contributed by atoms with van der Waals surface area (Å²) < 4.78 is 5.10. The van der Waals surface area contributed by atoms with Gasteiger partial charge in [0, 0.05) is 17.3 Å². The summed E-state index contributed by atoms with van der Waals surface area (Å²) in [6.45, 7) is 2.98. The van der Waals surface area contributed by atoms with E-state index in [1.54, 1.807) is 24.3 Å². The molecular weight excluding hydrogens is 312 g/mol. The van der Waals surface area contributed by atoms with Crippen LogP contribution in [0.25, 0.3) is 0 Å². The summed E-state index contributed by atoms with van der Waals surface area (Å²) in [7, 11) is 0. The van der Waals surface area contributed by atoms with Crippen LogP contribution >= 0.6 is 0 Å². The number of para-hydroxylation sites is 1. The van der Waals surface area contributed by atoms with Gasteiger partial charge in [0.05, 0.1) is 10.5 Å². The molecule has 1 amide bonds. The summed E-state index contributed by atoms with van der Waals surface area (Å²) in [5, 5.41) is 13.4. The van der Waals surface area contributed by atoms with Gasteiger partial charge in [0.25, 0.3) is 11.6 Å². The number of ether oxygens (including phenoxy) is 1. The first kappa shape index (κ1) is 17.1. The SMILES string of the molecule is Cc1cc(C(=O)OC(C)C(=O)Nc2ccccc2)ccc1[N+](=O)[O-]. The Morgan fingerprint density at radius 2 is 1.83 bits per heavy atom. The molecule has 0 aliphatic heterocycles. The third-order valence-electron chi connectivity index (χ3n) is 3.32. The van der Waals surface area contributed by atoms with Gasteiger partial charge in [0.1, 0.15) is 0 Å². The van der Waals surface area contributed by atoms with Gasteiger partial charge in [-0.25, -0.2) is 4.79 Å². The van der Waals surface area contributed by atoms with Gasteiger partial charge in [0.15, 0.2) is 6.10 Å². The number of hydrogen-bond donors (Lipinski definition) is 1. The fourth-order valence-electron chi connectivity index (χ4n) is 2.03. The van der Waals surface area contributed by atoms with Crippen molar-refractivity contribution in [3.05, 3.63) is 69.8 Å². The summed E-state index contributed by atoms with van der Waals surface area (Å²) in [5.41, 5.74) is 1.01. The normalized spacial score (nSPS) is 11.4. The summed E-state index contributed by atoms with van der Waals surface area (Å²) in [6.07, 6.45) is -1.01.